The van der Waals surface area contributed by atoms with E-state index in [2.05, 4.69) is 10.2 Å². The second-order valence-electron chi connectivity index (χ2n) is 7.67. The van der Waals surface area contributed by atoms with Crippen LogP contribution >= 0.6 is 23.2 Å². The van der Waals surface area contributed by atoms with Crippen molar-refractivity contribution < 1.29 is 22.7 Å². The molecule has 33 heavy (non-hydrogen) atoms. The number of nitrogen functional groups attached to an aromatic ring is 1. The Hall–Kier alpha value is -2.62. The molecular weight excluding hydrogens is 480 g/mol. The molecule has 2 aromatic carbocycles. The van der Waals surface area contributed by atoms with E-state index in [4.69, 9.17) is 33.7 Å². The molecule has 0 bridgehead atoms. The van der Waals surface area contributed by atoms with Gasteiger partial charge in [-0.3, -0.25) is 9.36 Å². The number of hydrogen-bond donors (Lipinski definition) is 1. The Labute approximate surface area is 197 Å². The number of Topliss-reactive ketones (excluding diaryl/α,β-unsaturated/α-hetero) is 1. The highest BCUT2D eigenvalue weighted by atomic mass is 35.5. The van der Waals surface area contributed by atoms with E-state index >= 15 is 0 Å². The Morgan fingerprint density at radius 2 is 1.94 bits per heavy atom. The van der Waals surface area contributed by atoms with Crippen molar-refractivity contribution >= 4 is 34.7 Å². The molecule has 1 aliphatic heterocycles. The minimum Gasteiger partial charge on any atom is -0.398 e. The fraction of sp³-hybridized carbons (Fsp3) is 0.318. The molecule has 4 rings (SSSR count). The standard InChI is InChI=1S/C22H19Cl2F3N4O2/c1-2-4-12(32)10-17-20-29-30-21(22(25,26)27)31(20)16-8-7-11(23)9-14(16)19(33-17)13-5-3-6-15(28)18(13)24/h3,5-9,17,19H,2,4,10,28H2,1H3/t17-,19?/m1/s1. The zero-order chi connectivity index (χ0) is 23.9. The summed E-state index contributed by atoms with van der Waals surface area (Å²) in [4.78, 5) is 12.5. The summed E-state index contributed by atoms with van der Waals surface area (Å²) in [5.74, 6) is -1.53. The van der Waals surface area contributed by atoms with Crippen LogP contribution < -0.4 is 5.73 Å². The van der Waals surface area contributed by atoms with E-state index in [9.17, 15) is 18.0 Å². The molecule has 3 aromatic rings. The summed E-state index contributed by atoms with van der Waals surface area (Å²) in [6, 6.07) is 9.32. The quantitative estimate of drug-likeness (QED) is 0.430. The number of fused-ring (bicyclic) bond motifs is 3. The third kappa shape index (κ3) is 4.45. The maximum absolute atomic E-state index is 13.9. The van der Waals surface area contributed by atoms with Crippen molar-refractivity contribution in [2.24, 2.45) is 0 Å². The minimum atomic E-state index is -4.80. The maximum Gasteiger partial charge on any atom is 0.452 e. The first-order valence-corrected chi connectivity index (χ1v) is 10.9. The molecule has 2 atom stereocenters. The Kier molecular flexibility index (Phi) is 6.39. The molecule has 2 N–H and O–H groups in total. The SMILES string of the molecule is CCCC(=O)C[C@H]1OC(c2cccc(N)c2Cl)c2cc(Cl)ccc2-n2c1nnc2C(F)(F)F. The van der Waals surface area contributed by atoms with E-state index in [1.807, 2.05) is 6.92 Å². The van der Waals surface area contributed by atoms with Crippen LogP contribution in [-0.2, 0) is 15.7 Å². The Bertz CT molecular complexity index is 1210. The topological polar surface area (TPSA) is 83.0 Å². The normalized spacial score (nSPS) is 17.9. The number of ether oxygens (including phenoxy) is 1. The number of carbonyl (C=O) groups is 1. The van der Waals surface area contributed by atoms with Crippen molar-refractivity contribution in [1.82, 2.24) is 14.8 Å². The molecule has 174 valence electrons. The van der Waals surface area contributed by atoms with Gasteiger partial charge in [0.15, 0.2) is 5.82 Å². The van der Waals surface area contributed by atoms with E-state index in [1.165, 1.54) is 18.2 Å². The summed E-state index contributed by atoms with van der Waals surface area (Å²) < 4.78 is 48.8. The first kappa shape index (κ1) is 23.5. The molecule has 6 nitrogen and oxygen atoms in total. The molecule has 0 radical (unpaired) electrons. The predicted molar refractivity (Wildman–Crippen MR) is 117 cm³/mol. The van der Waals surface area contributed by atoms with Gasteiger partial charge in [0.05, 0.1) is 16.4 Å². The molecule has 1 aromatic heterocycles. The number of ketones is 1. The molecule has 2 heterocycles. The van der Waals surface area contributed by atoms with E-state index in [0.29, 0.717) is 17.5 Å². The van der Waals surface area contributed by atoms with Crippen molar-refractivity contribution in [3.05, 3.63) is 69.2 Å². The van der Waals surface area contributed by atoms with Crippen LogP contribution in [0.25, 0.3) is 5.69 Å². The van der Waals surface area contributed by atoms with Gasteiger partial charge in [0, 0.05) is 29.0 Å². The van der Waals surface area contributed by atoms with Gasteiger partial charge in [-0.2, -0.15) is 13.2 Å². The fourth-order valence-corrected chi connectivity index (χ4v) is 4.31. The predicted octanol–water partition coefficient (Wildman–Crippen LogP) is 6.10. The van der Waals surface area contributed by atoms with Crippen LogP contribution in [0.4, 0.5) is 18.9 Å². The third-order valence-corrected chi connectivity index (χ3v) is 6.00. The molecule has 0 spiro atoms. The largest absolute Gasteiger partial charge is 0.452 e. The van der Waals surface area contributed by atoms with Gasteiger partial charge in [0.2, 0.25) is 5.82 Å². The summed E-state index contributed by atoms with van der Waals surface area (Å²) in [6.07, 6.45) is -6.20. The van der Waals surface area contributed by atoms with Gasteiger partial charge in [0.25, 0.3) is 0 Å². The molecule has 0 saturated carbocycles. The van der Waals surface area contributed by atoms with Crippen molar-refractivity contribution in [2.45, 2.75) is 44.6 Å². The number of alkyl halides is 3. The molecule has 1 unspecified atom stereocenters. The van der Waals surface area contributed by atoms with Gasteiger partial charge < -0.3 is 10.5 Å². The first-order valence-electron chi connectivity index (χ1n) is 10.1. The van der Waals surface area contributed by atoms with E-state index < -0.39 is 24.2 Å². The first-order chi connectivity index (χ1) is 15.6. The summed E-state index contributed by atoms with van der Waals surface area (Å²) in [5, 5.41) is 7.65. The van der Waals surface area contributed by atoms with Gasteiger partial charge in [-0.25, -0.2) is 0 Å². The monoisotopic (exact) mass is 498 g/mol. The van der Waals surface area contributed by atoms with E-state index in [0.717, 1.165) is 4.57 Å². The second kappa shape index (κ2) is 8.96. The van der Waals surface area contributed by atoms with E-state index in [-0.39, 0.29) is 45.9 Å². The van der Waals surface area contributed by atoms with Crippen molar-refractivity contribution in [3.63, 3.8) is 0 Å². The highest BCUT2D eigenvalue weighted by Gasteiger charge is 2.43. The highest BCUT2D eigenvalue weighted by Crippen LogP contribution is 2.45. The molecule has 0 amide bonds. The van der Waals surface area contributed by atoms with Crippen LogP contribution in [0.2, 0.25) is 10.0 Å². The van der Waals surface area contributed by atoms with Gasteiger partial charge in [-0.15, -0.1) is 10.2 Å². The van der Waals surface area contributed by atoms with Crippen LogP contribution in [0, 0.1) is 0 Å². The van der Waals surface area contributed by atoms with Crippen molar-refractivity contribution in [1.29, 1.82) is 0 Å². The average molecular weight is 499 g/mol. The lowest BCUT2D eigenvalue weighted by molar-refractivity contribution is -0.146. The molecule has 1 aliphatic rings. The van der Waals surface area contributed by atoms with E-state index in [1.54, 1.807) is 18.2 Å². The lowest BCUT2D eigenvalue weighted by atomic mass is 9.98. The zero-order valence-corrected chi connectivity index (χ0v) is 18.9. The fourth-order valence-electron chi connectivity index (χ4n) is 3.90. The minimum absolute atomic E-state index is 0.126. The van der Waals surface area contributed by atoms with Gasteiger partial charge >= 0.3 is 6.18 Å². The number of carbonyl (C=O) groups excluding carboxylic acids is 1. The number of halogens is 5. The second-order valence-corrected chi connectivity index (χ2v) is 8.48. The van der Waals surface area contributed by atoms with Gasteiger partial charge in [0.1, 0.15) is 18.0 Å². The number of nitrogens with zero attached hydrogens (tertiary/aromatic N) is 3. The van der Waals surface area contributed by atoms with Crippen LogP contribution in [0.5, 0.6) is 0 Å². The van der Waals surface area contributed by atoms with Crippen molar-refractivity contribution in [2.75, 3.05) is 5.73 Å². The van der Waals surface area contributed by atoms with Crippen LogP contribution in [-0.4, -0.2) is 20.5 Å². The zero-order valence-electron chi connectivity index (χ0n) is 17.4. The number of rotatable bonds is 5. The average Bonchev–Trinajstić information content (AvgIpc) is 3.14. The summed E-state index contributed by atoms with van der Waals surface area (Å²) in [5.41, 5.74) is 7.12. The lowest BCUT2D eigenvalue weighted by Gasteiger charge is -2.23. The number of benzene rings is 2. The Morgan fingerprint density at radius 3 is 2.64 bits per heavy atom. The maximum atomic E-state index is 13.9. The summed E-state index contributed by atoms with van der Waals surface area (Å²) in [7, 11) is 0. The molecule has 0 aliphatic carbocycles. The number of hydrogen-bond acceptors (Lipinski definition) is 5. The summed E-state index contributed by atoms with van der Waals surface area (Å²) in [6.45, 7) is 1.84. The number of nitrogens with two attached hydrogens (primary N) is 1. The Morgan fingerprint density at radius 1 is 1.18 bits per heavy atom. The Balaban J connectivity index is 1.99. The smallest absolute Gasteiger partial charge is 0.398 e. The van der Waals surface area contributed by atoms with Gasteiger partial charge in [-0.05, 0) is 30.7 Å². The van der Waals surface area contributed by atoms with Crippen LogP contribution in [0.15, 0.2) is 36.4 Å². The van der Waals surface area contributed by atoms with Gasteiger partial charge in [-0.1, -0.05) is 42.3 Å². The number of aromatic nitrogens is 3. The van der Waals surface area contributed by atoms with Crippen LogP contribution in [0.1, 0.15) is 61.2 Å². The lowest BCUT2D eigenvalue weighted by Crippen LogP contribution is -2.17. The molecule has 11 heteroatoms. The molecule has 0 saturated heterocycles. The molecule has 0 fully saturated rings. The molecular formula is C22H19Cl2F3N4O2. The van der Waals surface area contributed by atoms with Crippen molar-refractivity contribution in [3.8, 4) is 5.69 Å². The van der Waals surface area contributed by atoms with Crippen LogP contribution in [0.3, 0.4) is 0 Å². The third-order valence-electron chi connectivity index (χ3n) is 5.33. The summed E-state index contributed by atoms with van der Waals surface area (Å²) >= 11 is 12.7. The number of anilines is 1. The highest BCUT2D eigenvalue weighted by molar-refractivity contribution is 6.34.